The predicted molar refractivity (Wildman–Crippen MR) is 109 cm³/mol. The number of benzene rings is 2. The number of amides is 1. The summed E-state index contributed by atoms with van der Waals surface area (Å²) >= 11 is 1.62. The van der Waals surface area contributed by atoms with Gasteiger partial charge in [0.2, 0.25) is 5.91 Å². The molecule has 27 heavy (non-hydrogen) atoms. The molecule has 8 heteroatoms. The minimum Gasteiger partial charge on any atom is -0.435 e. The molecule has 1 amide bonds. The fourth-order valence-corrected chi connectivity index (χ4v) is 2.92. The Hall–Kier alpha value is -1.83. The Morgan fingerprint density at radius 3 is 2.56 bits per heavy atom. The van der Waals surface area contributed by atoms with Crippen molar-refractivity contribution in [1.82, 2.24) is 0 Å². The lowest BCUT2D eigenvalue weighted by Crippen LogP contribution is -2.36. The summed E-state index contributed by atoms with van der Waals surface area (Å²) in [4.78, 5) is 12.2. The van der Waals surface area contributed by atoms with Crippen LogP contribution in [0, 0.1) is 0 Å². The third-order valence-electron chi connectivity index (χ3n) is 3.75. The minimum atomic E-state index is -2.91. The Bertz CT molecular complexity index is 720. The molecule has 0 aliphatic rings. The minimum absolute atomic E-state index is 0. The number of carbonyl (C=O) groups excluding carboxylic acids is 1. The van der Waals surface area contributed by atoms with Crippen LogP contribution in [0.5, 0.6) is 5.75 Å². The van der Waals surface area contributed by atoms with E-state index in [1.54, 1.807) is 17.8 Å². The van der Waals surface area contributed by atoms with Gasteiger partial charge in [0.25, 0.3) is 0 Å². The lowest BCUT2D eigenvalue weighted by atomic mass is 10.0. The summed E-state index contributed by atoms with van der Waals surface area (Å²) in [6.45, 7) is -2.91. The van der Waals surface area contributed by atoms with E-state index >= 15 is 0 Å². The number of ether oxygens (including phenoxy) is 1. The van der Waals surface area contributed by atoms with Crippen LogP contribution in [0.4, 0.5) is 14.5 Å². The second-order valence-electron chi connectivity index (χ2n) is 5.74. The number of thioether (sulfide) groups is 1. The molecule has 0 fully saturated rings. The third-order valence-corrected chi connectivity index (χ3v) is 4.40. The molecule has 0 radical (unpaired) electrons. The summed E-state index contributed by atoms with van der Waals surface area (Å²) in [6, 6.07) is 13.4. The number of carbonyl (C=O) groups is 1. The fraction of sp³-hybridized carbons (Fsp3) is 0.316. The lowest BCUT2D eigenvalue weighted by Gasteiger charge is -2.15. The molecule has 0 heterocycles. The largest absolute Gasteiger partial charge is 0.435 e. The first-order chi connectivity index (χ1) is 12.5. The maximum atomic E-state index is 12.7. The number of halogens is 3. The molecule has 0 unspecified atom stereocenters. The Morgan fingerprint density at radius 2 is 1.93 bits per heavy atom. The molecule has 4 nitrogen and oxygen atoms in total. The monoisotopic (exact) mass is 416 g/mol. The number of anilines is 1. The summed E-state index contributed by atoms with van der Waals surface area (Å²) < 4.78 is 29.9. The van der Waals surface area contributed by atoms with Crippen LogP contribution in [0.2, 0.25) is 0 Å². The highest BCUT2D eigenvalue weighted by atomic mass is 35.5. The first-order valence-corrected chi connectivity index (χ1v) is 9.56. The van der Waals surface area contributed by atoms with Crippen LogP contribution in [-0.4, -0.2) is 30.6 Å². The molecular formula is C19H23ClF2N2O2S. The summed E-state index contributed by atoms with van der Waals surface area (Å²) in [7, 11) is 0. The molecule has 2 rings (SSSR count). The topological polar surface area (TPSA) is 64.4 Å². The van der Waals surface area contributed by atoms with Crippen LogP contribution in [0.15, 0.2) is 48.5 Å². The van der Waals surface area contributed by atoms with Gasteiger partial charge in [0.1, 0.15) is 5.75 Å². The van der Waals surface area contributed by atoms with Gasteiger partial charge in [-0.3, -0.25) is 4.79 Å². The number of nitrogens with two attached hydrogens (primary N) is 1. The van der Waals surface area contributed by atoms with Gasteiger partial charge >= 0.3 is 6.61 Å². The summed E-state index contributed by atoms with van der Waals surface area (Å²) in [6.07, 6.45) is 2.92. The van der Waals surface area contributed by atoms with Crippen molar-refractivity contribution in [3.05, 3.63) is 59.7 Å². The Morgan fingerprint density at radius 1 is 1.22 bits per heavy atom. The summed E-state index contributed by atoms with van der Waals surface area (Å²) in [5.41, 5.74) is 7.87. The second kappa shape index (κ2) is 11.8. The van der Waals surface area contributed by atoms with Crippen LogP contribution >= 0.6 is 24.2 Å². The molecule has 3 N–H and O–H groups in total. The number of hydrogen-bond acceptors (Lipinski definition) is 4. The van der Waals surface area contributed by atoms with Gasteiger partial charge in [-0.15, -0.1) is 12.4 Å². The maximum absolute atomic E-state index is 12.7. The van der Waals surface area contributed by atoms with Crippen molar-refractivity contribution in [2.45, 2.75) is 25.5 Å². The standard InChI is InChI=1S/C19H22F2N2O2S.ClH/c1-26-10-9-16(22)18(24)23-15-7-8-17(25-19(20)21)14(12-15)11-13-5-3-2-4-6-13;/h2-8,12,16,19H,9-11,22H2,1H3,(H,23,24);1H/t16-;/m0./s1. The first-order valence-electron chi connectivity index (χ1n) is 8.16. The molecule has 0 aliphatic carbocycles. The van der Waals surface area contributed by atoms with Crippen molar-refractivity contribution < 1.29 is 18.3 Å². The van der Waals surface area contributed by atoms with Crippen LogP contribution < -0.4 is 15.8 Å². The third kappa shape index (κ3) is 7.74. The molecule has 2 aromatic carbocycles. The zero-order valence-corrected chi connectivity index (χ0v) is 16.5. The van der Waals surface area contributed by atoms with Crippen molar-refractivity contribution in [3.63, 3.8) is 0 Å². The van der Waals surface area contributed by atoms with Crippen molar-refractivity contribution >= 4 is 35.8 Å². The normalized spacial score (nSPS) is 11.6. The van der Waals surface area contributed by atoms with Gasteiger partial charge in [0.15, 0.2) is 0 Å². The molecule has 0 bridgehead atoms. The van der Waals surface area contributed by atoms with E-state index in [2.05, 4.69) is 10.1 Å². The van der Waals surface area contributed by atoms with Gasteiger partial charge in [0.05, 0.1) is 6.04 Å². The van der Waals surface area contributed by atoms with Gasteiger partial charge in [-0.2, -0.15) is 20.5 Å². The van der Waals surface area contributed by atoms with Crippen LogP contribution in [0.1, 0.15) is 17.5 Å². The van der Waals surface area contributed by atoms with E-state index in [0.717, 1.165) is 11.3 Å². The average molecular weight is 417 g/mol. The van der Waals surface area contributed by atoms with Gasteiger partial charge in [-0.05, 0) is 42.2 Å². The number of hydrogen-bond donors (Lipinski definition) is 2. The lowest BCUT2D eigenvalue weighted by molar-refractivity contribution is -0.117. The molecule has 0 spiro atoms. The van der Waals surface area contributed by atoms with E-state index in [9.17, 15) is 13.6 Å². The van der Waals surface area contributed by atoms with E-state index < -0.39 is 12.7 Å². The maximum Gasteiger partial charge on any atom is 0.387 e. The molecule has 0 saturated carbocycles. The highest BCUT2D eigenvalue weighted by Crippen LogP contribution is 2.27. The summed E-state index contributed by atoms with van der Waals surface area (Å²) in [5.74, 6) is 0.579. The highest BCUT2D eigenvalue weighted by Gasteiger charge is 2.15. The molecule has 2 aromatic rings. The molecular weight excluding hydrogens is 394 g/mol. The van der Waals surface area contributed by atoms with Crippen molar-refractivity contribution in [1.29, 1.82) is 0 Å². The summed E-state index contributed by atoms with van der Waals surface area (Å²) in [5, 5.41) is 2.74. The Labute approximate surface area is 168 Å². The predicted octanol–water partition coefficient (Wildman–Crippen LogP) is 4.32. The number of alkyl halides is 2. The van der Waals surface area contributed by atoms with Crippen molar-refractivity contribution in [2.75, 3.05) is 17.3 Å². The zero-order valence-electron chi connectivity index (χ0n) is 14.9. The van der Waals surface area contributed by atoms with E-state index in [1.165, 1.54) is 12.1 Å². The van der Waals surface area contributed by atoms with Crippen molar-refractivity contribution in [2.24, 2.45) is 5.73 Å². The van der Waals surface area contributed by atoms with E-state index in [4.69, 9.17) is 5.73 Å². The number of rotatable bonds is 9. The van der Waals surface area contributed by atoms with Crippen LogP contribution in [0.3, 0.4) is 0 Å². The fourth-order valence-electron chi connectivity index (χ4n) is 2.43. The zero-order chi connectivity index (χ0) is 18.9. The van der Waals surface area contributed by atoms with Gasteiger partial charge in [0, 0.05) is 17.7 Å². The van der Waals surface area contributed by atoms with Gasteiger partial charge in [-0.25, -0.2) is 0 Å². The highest BCUT2D eigenvalue weighted by molar-refractivity contribution is 7.98. The Balaban J connectivity index is 0.00000364. The van der Waals surface area contributed by atoms with E-state index in [0.29, 0.717) is 24.1 Å². The smallest absolute Gasteiger partial charge is 0.387 e. The second-order valence-corrected chi connectivity index (χ2v) is 6.73. The van der Waals surface area contributed by atoms with Crippen LogP contribution in [0.25, 0.3) is 0 Å². The van der Waals surface area contributed by atoms with E-state index in [1.807, 2.05) is 36.6 Å². The molecule has 148 valence electrons. The Kier molecular flexibility index (Phi) is 10.1. The van der Waals surface area contributed by atoms with E-state index in [-0.39, 0.29) is 24.1 Å². The molecule has 0 aliphatic heterocycles. The molecule has 0 saturated heterocycles. The number of nitrogens with one attached hydrogen (secondary N) is 1. The quantitative estimate of drug-likeness (QED) is 0.639. The van der Waals surface area contributed by atoms with Gasteiger partial charge in [-0.1, -0.05) is 30.3 Å². The van der Waals surface area contributed by atoms with Crippen molar-refractivity contribution in [3.8, 4) is 5.75 Å². The average Bonchev–Trinajstić information content (AvgIpc) is 2.62. The molecule has 0 aromatic heterocycles. The van der Waals surface area contributed by atoms with Crippen LogP contribution in [-0.2, 0) is 11.2 Å². The van der Waals surface area contributed by atoms with Gasteiger partial charge < -0.3 is 15.8 Å². The molecule has 1 atom stereocenters. The SMILES string of the molecule is CSCC[C@H](N)C(=O)Nc1ccc(OC(F)F)c(Cc2ccccc2)c1.Cl. The first kappa shape index (κ1) is 23.2.